The van der Waals surface area contributed by atoms with Crippen LogP contribution in [0.15, 0.2) is 50.5 Å². The number of sulfonamides is 1. The summed E-state index contributed by atoms with van der Waals surface area (Å²) in [5.41, 5.74) is 3.09. The molecule has 0 aliphatic carbocycles. The van der Waals surface area contributed by atoms with Crippen molar-refractivity contribution in [2.45, 2.75) is 37.2 Å². The molecule has 158 valence electrons. The smallest absolute Gasteiger partial charge is 0.408 e. The van der Waals surface area contributed by atoms with Gasteiger partial charge in [-0.2, -0.15) is 4.31 Å². The maximum Gasteiger partial charge on any atom is 0.421 e. The topological polar surface area (TPSA) is 75.8 Å². The number of aromatic nitrogens is 1. The van der Waals surface area contributed by atoms with E-state index in [0.717, 1.165) is 43.5 Å². The summed E-state index contributed by atoms with van der Waals surface area (Å²) >= 11 is 6.00. The minimum Gasteiger partial charge on any atom is -0.408 e. The van der Waals surface area contributed by atoms with Crippen LogP contribution < -0.4 is 10.7 Å². The lowest BCUT2D eigenvalue weighted by Gasteiger charge is -2.31. The van der Waals surface area contributed by atoms with E-state index < -0.39 is 15.8 Å². The fourth-order valence-electron chi connectivity index (χ4n) is 4.38. The van der Waals surface area contributed by atoms with E-state index in [1.807, 2.05) is 6.07 Å². The molecule has 3 aromatic rings. The Balaban J connectivity index is 1.48. The van der Waals surface area contributed by atoms with Crippen LogP contribution in [-0.4, -0.2) is 36.9 Å². The van der Waals surface area contributed by atoms with Gasteiger partial charge in [0, 0.05) is 36.4 Å². The van der Waals surface area contributed by atoms with Gasteiger partial charge in [-0.15, -0.1) is 0 Å². The number of halogens is 1. The summed E-state index contributed by atoms with van der Waals surface area (Å²) in [5.74, 6) is -0.437. The lowest BCUT2D eigenvalue weighted by molar-refractivity contribution is 0.477. The third-order valence-electron chi connectivity index (χ3n) is 5.91. The second kappa shape index (κ2) is 7.44. The van der Waals surface area contributed by atoms with Crippen molar-refractivity contribution in [1.82, 2.24) is 8.87 Å². The molecule has 0 unspecified atom stereocenters. The number of aryl methyl sites for hydroxylation is 1. The van der Waals surface area contributed by atoms with E-state index in [0.29, 0.717) is 40.8 Å². The van der Waals surface area contributed by atoms with Crippen molar-refractivity contribution >= 4 is 38.4 Å². The third-order valence-corrected chi connectivity index (χ3v) is 8.04. The first-order chi connectivity index (χ1) is 14.4. The largest absolute Gasteiger partial charge is 0.421 e. The molecule has 30 heavy (non-hydrogen) atoms. The highest BCUT2D eigenvalue weighted by Gasteiger charge is 2.29. The molecular formula is C21H22ClN3O4S. The van der Waals surface area contributed by atoms with Crippen molar-refractivity contribution in [1.29, 1.82) is 0 Å². The van der Waals surface area contributed by atoms with Crippen LogP contribution in [0, 0.1) is 0 Å². The number of anilines is 1. The summed E-state index contributed by atoms with van der Waals surface area (Å²) in [5, 5.41) is 0.512. The van der Waals surface area contributed by atoms with Crippen LogP contribution in [0.25, 0.3) is 11.1 Å². The predicted molar refractivity (Wildman–Crippen MR) is 116 cm³/mol. The third kappa shape index (κ3) is 3.33. The molecule has 9 heteroatoms. The number of hydrogen-bond acceptors (Lipinski definition) is 5. The second-order valence-electron chi connectivity index (χ2n) is 7.82. The molecule has 1 fully saturated rings. The van der Waals surface area contributed by atoms with Gasteiger partial charge in [0.25, 0.3) is 0 Å². The number of oxazole rings is 1. The maximum absolute atomic E-state index is 12.9. The molecule has 0 N–H and O–H groups in total. The van der Waals surface area contributed by atoms with Gasteiger partial charge in [-0.05, 0) is 61.6 Å². The van der Waals surface area contributed by atoms with E-state index in [1.165, 1.54) is 0 Å². The lowest BCUT2D eigenvalue weighted by Crippen LogP contribution is -2.34. The van der Waals surface area contributed by atoms with Crippen LogP contribution in [0.5, 0.6) is 0 Å². The van der Waals surface area contributed by atoms with Crippen molar-refractivity contribution < 1.29 is 12.8 Å². The minimum absolute atomic E-state index is 0.332. The van der Waals surface area contributed by atoms with Crippen LogP contribution in [0.4, 0.5) is 5.69 Å². The van der Waals surface area contributed by atoms with Gasteiger partial charge in [-0.1, -0.05) is 11.6 Å². The average Bonchev–Trinajstić information content (AvgIpc) is 3.37. The zero-order valence-electron chi connectivity index (χ0n) is 16.4. The molecule has 0 bridgehead atoms. The van der Waals surface area contributed by atoms with Crippen molar-refractivity contribution in [2.24, 2.45) is 0 Å². The molecule has 2 aliphatic rings. The molecule has 1 saturated heterocycles. The van der Waals surface area contributed by atoms with Crippen LogP contribution in [-0.2, 0) is 23.1 Å². The number of nitrogens with zero attached hydrogens (tertiary/aromatic N) is 3. The van der Waals surface area contributed by atoms with Gasteiger partial charge in [0.2, 0.25) is 10.0 Å². The van der Waals surface area contributed by atoms with Crippen LogP contribution >= 0.6 is 11.6 Å². The average molecular weight is 448 g/mol. The van der Waals surface area contributed by atoms with Crippen molar-refractivity contribution in [2.75, 3.05) is 24.5 Å². The first-order valence-electron chi connectivity index (χ1n) is 10.1. The summed E-state index contributed by atoms with van der Waals surface area (Å²) in [4.78, 5) is 14.9. The first kappa shape index (κ1) is 19.7. The highest BCUT2D eigenvalue weighted by molar-refractivity contribution is 7.89. The Labute approximate surface area is 179 Å². The summed E-state index contributed by atoms with van der Waals surface area (Å²) in [6.45, 7) is 2.29. The van der Waals surface area contributed by atoms with Gasteiger partial charge in [-0.25, -0.2) is 13.2 Å². The summed E-state index contributed by atoms with van der Waals surface area (Å²) in [6.07, 6.45) is 3.52. The van der Waals surface area contributed by atoms with Crippen LogP contribution in [0.2, 0.25) is 5.02 Å². The van der Waals surface area contributed by atoms with Gasteiger partial charge in [-0.3, -0.25) is 4.57 Å². The monoisotopic (exact) mass is 447 g/mol. The molecular weight excluding hydrogens is 426 g/mol. The quantitative estimate of drug-likeness (QED) is 0.612. The van der Waals surface area contributed by atoms with E-state index >= 15 is 0 Å². The Kier molecular flexibility index (Phi) is 4.88. The molecule has 0 atom stereocenters. The first-order valence-corrected chi connectivity index (χ1v) is 11.9. The number of benzene rings is 2. The highest BCUT2D eigenvalue weighted by atomic mass is 35.5. The maximum atomic E-state index is 12.9. The Hall–Kier alpha value is -2.29. The van der Waals surface area contributed by atoms with Gasteiger partial charge in [0.1, 0.15) is 6.67 Å². The van der Waals surface area contributed by atoms with Crippen LogP contribution in [0.3, 0.4) is 0 Å². The molecule has 1 aromatic heterocycles. The summed E-state index contributed by atoms with van der Waals surface area (Å²) in [7, 11) is -3.45. The Morgan fingerprint density at radius 2 is 1.80 bits per heavy atom. The van der Waals surface area contributed by atoms with E-state index in [4.69, 9.17) is 16.0 Å². The SMILES string of the molecule is O=c1oc2cc(Cl)ccc2n1CN1CCCc2cc(S(=O)(=O)N3CCCC3)ccc21. The zero-order valence-corrected chi connectivity index (χ0v) is 18.0. The van der Waals surface area contributed by atoms with Gasteiger partial charge in [0.15, 0.2) is 5.58 Å². The van der Waals surface area contributed by atoms with Gasteiger partial charge < -0.3 is 9.32 Å². The second-order valence-corrected chi connectivity index (χ2v) is 10.2. The molecule has 3 heterocycles. The minimum atomic E-state index is -3.45. The Bertz CT molecular complexity index is 1280. The Morgan fingerprint density at radius 1 is 1.00 bits per heavy atom. The molecule has 7 nitrogen and oxygen atoms in total. The molecule has 0 spiro atoms. The molecule has 2 aliphatic heterocycles. The van der Waals surface area contributed by atoms with Crippen LogP contribution in [0.1, 0.15) is 24.8 Å². The van der Waals surface area contributed by atoms with Crippen molar-refractivity contribution in [3.63, 3.8) is 0 Å². The summed E-state index contributed by atoms with van der Waals surface area (Å²) < 4.78 is 34.3. The number of hydrogen-bond donors (Lipinski definition) is 0. The van der Waals surface area contributed by atoms with Gasteiger partial charge in [0.05, 0.1) is 10.4 Å². The fourth-order valence-corrected chi connectivity index (χ4v) is 6.11. The molecule has 0 saturated carbocycles. The predicted octanol–water partition coefficient (Wildman–Crippen LogP) is 3.44. The van der Waals surface area contributed by atoms with Crippen molar-refractivity contribution in [3.05, 3.63) is 57.5 Å². The standard InChI is InChI=1S/C21H22ClN3O4S/c22-16-5-7-19-20(13-16)29-21(26)25(19)14-23-9-3-4-15-12-17(6-8-18(15)23)30(27,28)24-10-1-2-11-24/h5-8,12-13H,1-4,9-11,14H2. The molecule has 0 amide bonds. The molecule has 0 radical (unpaired) electrons. The fraction of sp³-hybridized carbons (Fsp3) is 0.381. The van der Waals surface area contributed by atoms with E-state index in [-0.39, 0.29) is 0 Å². The highest BCUT2D eigenvalue weighted by Crippen LogP contribution is 2.32. The number of fused-ring (bicyclic) bond motifs is 2. The lowest BCUT2D eigenvalue weighted by atomic mass is 10.0. The van der Waals surface area contributed by atoms with E-state index in [1.54, 1.807) is 39.2 Å². The van der Waals surface area contributed by atoms with E-state index in [9.17, 15) is 13.2 Å². The zero-order chi connectivity index (χ0) is 20.9. The Morgan fingerprint density at radius 3 is 2.60 bits per heavy atom. The van der Waals surface area contributed by atoms with Crippen molar-refractivity contribution in [3.8, 4) is 0 Å². The normalized spacial score (nSPS) is 17.6. The summed E-state index contributed by atoms with van der Waals surface area (Å²) in [6, 6.07) is 10.5. The number of rotatable bonds is 4. The van der Waals surface area contributed by atoms with E-state index in [2.05, 4.69) is 4.90 Å². The molecule has 5 rings (SSSR count). The van der Waals surface area contributed by atoms with Gasteiger partial charge >= 0.3 is 5.76 Å². The molecule has 2 aromatic carbocycles.